The SMILES string of the molecule is CC(C)(C)COc1ccc2c(c1)-c1nc-2nc2[nH]c(nc3nc(nc4[nH]c(n1)c1cc(OCC(C)(C)C)ccc41)-c1cc(-c4cccc5cccc(-c6ccc7c(c6)-c6nc-7nc7[nH]c(nc8nc(nc9[nH]c(n6)c6ccc(OCC(C)(C)C)cc96)-c6cc(OCC(C)(C)C)ccc6-8)c6cc(OCC(C)(C)C)ccc76)c45)ccc1-3)c1ccc(OCC(C)(C)C)cc21. The number of nitrogens with zero attached hydrogens (tertiary/aromatic N) is 12. The molecule has 22 nitrogen and oxygen atoms in total. The molecule has 0 amide bonds. The zero-order chi connectivity index (χ0) is 87.4. The summed E-state index contributed by atoms with van der Waals surface area (Å²) in [5, 5.41) is 8.41. The molecule has 126 heavy (non-hydrogen) atoms. The molecule has 632 valence electrons. The van der Waals surface area contributed by atoms with Crippen LogP contribution >= 0.6 is 0 Å². The number of nitrogens with one attached hydrogen (secondary N) is 4. The van der Waals surface area contributed by atoms with Crippen LogP contribution in [-0.2, 0) is 0 Å². The number of ether oxygens (including phenoxy) is 6. The van der Waals surface area contributed by atoms with Crippen molar-refractivity contribution in [3.05, 3.63) is 182 Å². The number of aromatic amines is 4. The molecule has 0 atom stereocenters. The minimum atomic E-state index is -0.113. The molecule has 10 heterocycles. The Bertz CT molecular complexity index is 7140. The van der Waals surface area contributed by atoms with Gasteiger partial charge >= 0.3 is 0 Å². The highest BCUT2D eigenvalue weighted by Crippen LogP contribution is 2.48. The predicted octanol–water partition coefficient (Wildman–Crippen LogP) is 25.1. The Morgan fingerprint density at radius 3 is 0.667 bits per heavy atom. The van der Waals surface area contributed by atoms with Gasteiger partial charge in [0.1, 0.15) is 79.7 Å². The van der Waals surface area contributed by atoms with Gasteiger partial charge in [-0.05, 0) is 199 Å². The molecule has 20 rings (SSSR count). The van der Waals surface area contributed by atoms with Crippen LogP contribution in [-0.4, -0.2) is 119 Å². The normalized spacial score (nSPS) is 12.9. The van der Waals surface area contributed by atoms with Gasteiger partial charge in [-0.15, -0.1) is 0 Å². The molecule has 0 unspecified atom stereocenters. The van der Waals surface area contributed by atoms with Gasteiger partial charge in [-0.2, -0.15) is 0 Å². The lowest BCUT2D eigenvalue weighted by atomic mass is 9.89. The van der Waals surface area contributed by atoms with E-state index in [1.807, 2.05) is 109 Å². The van der Waals surface area contributed by atoms with Gasteiger partial charge in [-0.25, -0.2) is 59.8 Å². The van der Waals surface area contributed by atoms with Gasteiger partial charge in [0, 0.05) is 87.6 Å². The second kappa shape index (κ2) is 29.9. The van der Waals surface area contributed by atoms with Crippen LogP contribution < -0.4 is 28.4 Å². The molecule has 0 aliphatic carbocycles. The van der Waals surface area contributed by atoms with Gasteiger partial charge in [-0.1, -0.05) is 173 Å². The first-order valence-electron chi connectivity index (χ1n) is 43.1. The molecule has 0 spiro atoms. The average Bonchev–Trinajstić information content (AvgIpc) is 1.57. The Balaban J connectivity index is 0.776. The van der Waals surface area contributed by atoms with E-state index in [4.69, 9.17) is 88.2 Å². The standard InChI is InChI=1S/C104H100N16O6/c1-99(2,3)49-121-58-27-35-68-76(43-58)93-111-85(68)105-83-66-33-25-56(41-74(66)91(107-83)109-87-70-37-29-60(123-51-101(7,8)9)45-78(70)95(115-87)119-97-80-47-62(125-53-103(13,14)15)31-39-72(80)89(113-93)117-97)64-23-19-21-55-22-20-24-65(82(55)64)57-26-34-67-75(42-57)92-108-84(67)106-86-69-36-28-59(122-50-100(4,5)6)44-77(69)94(112-86)114-90-73-40-32-63(126-54-104(16,17)18)48-81(73)98(118-90)120-96-79-46-61(124-52-102(10,11)12)30-38-71(79)88(110-92)116-96/h19-48H,49-54H2,1-18H3,(H2,105,107,109,111,113,115,117,119)(H2,106,108,110,112,114,116,118,120). The third-order valence-corrected chi connectivity index (χ3v) is 22.0. The van der Waals surface area contributed by atoms with E-state index in [-0.39, 0.29) is 32.5 Å². The van der Waals surface area contributed by atoms with E-state index in [0.29, 0.717) is 166 Å². The highest BCUT2D eigenvalue weighted by atomic mass is 16.5. The first-order chi connectivity index (χ1) is 60.0. The minimum absolute atomic E-state index is 0.0984. The first kappa shape index (κ1) is 80.4. The summed E-state index contributed by atoms with van der Waals surface area (Å²) in [6.45, 7) is 41.8. The molecule has 0 radical (unpaired) electrons. The zero-order valence-corrected chi connectivity index (χ0v) is 74.4. The Kier molecular flexibility index (Phi) is 19.1. The monoisotopic (exact) mass is 1670 g/mol. The fourth-order valence-electron chi connectivity index (χ4n) is 16.0. The quantitative estimate of drug-likeness (QED) is 0.0787. The minimum Gasteiger partial charge on any atom is -0.493 e. The van der Waals surface area contributed by atoms with Crippen molar-refractivity contribution in [3.63, 3.8) is 0 Å². The molecular formula is C104H100N16O6. The molecule has 0 saturated heterocycles. The highest BCUT2D eigenvalue weighted by Gasteiger charge is 2.31. The fraction of sp³-hybridized carbons (Fsp3) is 0.288. The van der Waals surface area contributed by atoms with Crippen LogP contribution in [0.1, 0.15) is 125 Å². The van der Waals surface area contributed by atoms with Gasteiger partial charge in [0.25, 0.3) is 0 Å². The van der Waals surface area contributed by atoms with E-state index in [1.54, 1.807) is 0 Å². The third-order valence-electron chi connectivity index (χ3n) is 22.0. The summed E-state index contributed by atoms with van der Waals surface area (Å²) in [7, 11) is 0. The van der Waals surface area contributed by atoms with Crippen molar-refractivity contribution < 1.29 is 28.4 Å². The summed E-state index contributed by atoms with van der Waals surface area (Å²) in [5.41, 5.74) is 13.7. The van der Waals surface area contributed by atoms with Crippen molar-refractivity contribution in [2.24, 2.45) is 32.5 Å². The lowest BCUT2D eigenvalue weighted by molar-refractivity contribution is 0.198. The Morgan fingerprint density at radius 2 is 0.413 bits per heavy atom. The number of aromatic nitrogens is 16. The number of H-pyrrole nitrogens is 4. The van der Waals surface area contributed by atoms with Crippen LogP contribution in [0.15, 0.2) is 182 Å². The van der Waals surface area contributed by atoms with E-state index in [9.17, 15) is 0 Å². The van der Waals surface area contributed by atoms with Crippen LogP contribution in [0.4, 0.5) is 0 Å². The van der Waals surface area contributed by atoms with Crippen molar-refractivity contribution in [3.8, 4) is 148 Å². The predicted molar refractivity (Wildman–Crippen MR) is 504 cm³/mol. The first-order valence-corrected chi connectivity index (χ1v) is 43.1. The number of hydrogen-bond acceptors (Lipinski definition) is 18. The molecule has 22 heteroatoms. The molecule has 10 aromatic carbocycles. The van der Waals surface area contributed by atoms with Gasteiger partial charge in [-0.3, -0.25) is 0 Å². The van der Waals surface area contributed by atoms with Crippen molar-refractivity contribution in [1.29, 1.82) is 0 Å². The molecular weight excluding hydrogens is 1570 g/mol. The van der Waals surface area contributed by atoms with Crippen LogP contribution in [0.3, 0.4) is 0 Å². The van der Waals surface area contributed by atoms with Crippen molar-refractivity contribution in [1.82, 2.24) is 79.7 Å². The van der Waals surface area contributed by atoms with E-state index in [1.165, 1.54) is 0 Å². The lowest BCUT2D eigenvalue weighted by Crippen LogP contribution is -2.16. The zero-order valence-electron chi connectivity index (χ0n) is 74.4. The Labute approximate surface area is 729 Å². The Morgan fingerprint density at radius 1 is 0.198 bits per heavy atom. The average molecular weight is 1670 g/mol. The summed E-state index contributed by atoms with van der Waals surface area (Å²) in [5.74, 6) is 7.74. The van der Waals surface area contributed by atoms with E-state index in [2.05, 4.69) is 217 Å². The van der Waals surface area contributed by atoms with E-state index in [0.717, 1.165) is 121 Å². The van der Waals surface area contributed by atoms with Crippen LogP contribution in [0.25, 0.3) is 212 Å². The summed E-state index contributed by atoms with van der Waals surface area (Å²) in [4.78, 5) is 80.1. The second-order valence-corrected chi connectivity index (χ2v) is 40.8. The summed E-state index contributed by atoms with van der Waals surface area (Å²) < 4.78 is 39.1. The maximum Gasteiger partial charge on any atom is 0.164 e. The second-order valence-electron chi connectivity index (χ2n) is 40.8. The number of fused-ring (bicyclic) bond motifs is 41. The number of hydrogen-bond donors (Lipinski definition) is 4. The van der Waals surface area contributed by atoms with Gasteiger partial charge in [0.2, 0.25) is 0 Å². The van der Waals surface area contributed by atoms with Gasteiger partial charge in [0.15, 0.2) is 46.6 Å². The number of benzene rings is 10. The number of rotatable bonds is 14. The smallest absolute Gasteiger partial charge is 0.164 e. The third kappa shape index (κ3) is 16.0. The molecule has 4 aliphatic heterocycles. The van der Waals surface area contributed by atoms with Crippen molar-refractivity contribution >= 4 is 99.0 Å². The molecule has 16 aromatic rings. The Hall–Kier alpha value is -14.0. The van der Waals surface area contributed by atoms with Crippen LogP contribution in [0.2, 0.25) is 0 Å². The summed E-state index contributed by atoms with van der Waals surface area (Å²) in [6, 6.07) is 62.0. The van der Waals surface area contributed by atoms with Crippen molar-refractivity contribution in [2.75, 3.05) is 39.6 Å². The summed E-state index contributed by atoms with van der Waals surface area (Å²) >= 11 is 0. The summed E-state index contributed by atoms with van der Waals surface area (Å²) in [6.07, 6.45) is 0. The maximum atomic E-state index is 6.54. The maximum absolute atomic E-state index is 6.54. The van der Waals surface area contributed by atoms with E-state index >= 15 is 0 Å². The topological polar surface area (TPSA) is 273 Å². The van der Waals surface area contributed by atoms with Crippen molar-refractivity contribution in [2.45, 2.75) is 125 Å². The molecule has 0 fully saturated rings. The van der Waals surface area contributed by atoms with E-state index < -0.39 is 0 Å². The van der Waals surface area contributed by atoms with Crippen LogP contribution in [0, 0.1) is 32.5 Å². The molecule has 0 saturated carbocycles. The lowest BCUT2D eigenvalue weighted by Gasteiger charge is -2.19. The molecule has 16 bridgehead atoms. The largest absolute Gasteiger partial charge is 0.493 e. The molecule has 4 N–H and O–H groups in total. The molecule has 6 aromatic heterocycles. The highest BCUT2D eigenvalue weighted by molar-refractivity contribution is 6.12. The fourth-order valence-corrected chi connectivity index (χ4v) is 16.0. The van der Waals surface area contributed by atoms with Crippen LogP contribution in [0.5, 0.6) is 34.5 Å². The molecule has 4 aliphatic rings. The van der Waals surface area contributed by atoms with Gasteiger partial charge < -0.3 is 48.4 Å². The van der Waals surface area contributed by atoms with Gasteiger partial charge in [0.05, 0.1) is 39.6 Å².